The minimum Gasteiger partial charge on any atom is -0.371 e. The van der Waals surface area contributed by atoms with Crippen LogP contribution in [-0.4, -0.2) is 46.7 Å². The first-order valence-corrected chi connectivity index (χ1v) is 10.6. The van der Waals surface area contributed by atoms with Crippen molar-refractivity contribution in [3.63, 3.8) is 0 Å². The smallest absolute Gasteiger partial charge is 0.320 e. The molecule has 0 spiro atoms. The van der Waals surface area contributed by atoms with Gasteiger partial charge in [0.05, 0.1) is 11.0 Å². The fourth-order valence-corrected chi connectivity index (χ4v) is 4.88. The van der Waals surface area contributed by atoms with Gasteiger partial charge in [-0.05, 0) is 63.0 Å². The number of halogens is 2. The van der Waals surface area contributed by atoms with Crippen LogP contribution >= 0.6 is 0 Å². The van der Waals surface area contributed by atoms with E-state index in [0.717, 1.165) is 28.9 Å². The number of hydrogen-bond donors (Lipinski definition) is 0. The maximum Gasteiger partial charge on any atom is 0.320 e. The molecular weight excluding hydrogens is 370 g/mol. The first-order valence-electron chi connectivity index (χ1n) is 10.6. The first-order chi connectivity index (χ1) is 14.2. The Hall–Kier alpha value is -2.47. The van der Waals surface area contributed by atoms with E-state index in [9.17, 15) is 8.78 Å². The van der Waals surface area contributed by atoms with Crippen LogP contribution in [0.5, 0.6) is 0 Å². The number of anilines is 1. The molecule has 2 aromatic carbocycles. The van der Waals surface area contributed by atoms with E-state index >= 15 is 0 Å². The second-order valence-corrected chi connectivity index (χ2v) is 8.08. The second kappa shape index (κ2) is 7.75. The number of hydrogen-bond acceptors (Lipinski definition) is 3. The first kappa shape index (κ1) is 18.6. The molecule has 29 heavy (non-hydrogen) atoms. The second-order valence-electron chi connectivity index (χ2n) is 8.08. The van der Waals surface area contributed by atoms with Crippen LogP contribution in [0.1, 0.15) is 32.2 Å². The Balaban J connectivity index is 1.41. The summed E-state index contributed by atoms with van der Waals surface area (Å²) < 4.78 is 28.7. The lowest BCUT2D eigenvalue weighted by molar-refractivity contribution is 0.0764. The number of imidazole rings is 1. The summed E-state index contributed by atoms with van der Waals surface area (Å²) in [6.07, 6.45) is 4.99. The molecule has 0 atom stereocenters. The fourth-order valence-electron chi connectivity index (χ4n) is 4.88. The summed E-state index contributed by atoms with van der Waals surface area (Å²) >= 11 is 0. The molecule has 5 rings (SSSR count). The fraction of sp³-hybridized carbons (Fsp3) is 0.435. The third kappa shape index (κ3) is 3.50. The molecule has 0 amide bonds. The van der Waals surface area contributed by atoms with Crippen LogP contribution < -0.4 is 4.90 Å². The predicted molar refractivity (Wildman–Crippen MR) is 112 cm³/mol. The van der Waals surface area contributed by atoms with Crippen molar-refractivity contribution in [2.75, 3.05) is 31.1 Å². The van der Waals surface area contributed by atoms with E-state index in [1.54, 1.807) is 18.2 Å². The summed E-state index contributed by atoms with van der Waals surface area (Å²) in [5, 5.41) is 0. The Morgan fingerprint density at radius 1 is 0.897 bits per heavy atom. The molecule has 2 aliphatic heterocycles. The van der Waals surface area contributed by atoms with Crippen molar-refractivity contribution < 1.29 is 8.78 Å². The Kier molecular flexibility index (Phi) is 4.96. The van der Waals surface area contributed by atoms with Crippen LogP contribution in [-0.2, 0) is 0 Å². The SMILES string of the molecule is FC(F)n1c(-c2cccc(N3CCC(N4CCCC4)CC3)c2)nc2ccccc21. The highest BCUT2D eigenvalue weighted by atomic mass is 19.3. The van der Waals surface area contributed by atoms with Gasteiger partial charge in [0.25, 0.3) is 0 Å². The zero-order valence-electron chi connectivity index (χ0n) is 16.5. The summed E-state index contributed by atoms with van der Waals surface area (Å²) in [5.74, 6) is 0.329. The molecule has 0 unspecified atom stereocenters. The summed E-state index contributed by atoms with van der Waals surface area (Å²) in [5.41, 5.74) is 2.89. The molecule has 2 fully saturated rings. The molecule has 1 aromatic heterocycles. The maximum absolute atomic E-state index is 13.8. The highest BCUT2D eigenvalue weighted by Crippen LogP contribution is 2.32. The number of rotatable bonds is 4. The third-order valence-electron chi connectivity index (χ3n) is 6.38. The lowest BCUT2D eigenvalue weighted by atomic mass is 10.0. The van der Waals surface area contributed by atoms with E-state index in [2.05, 4.69) is 20.9 Å². The number of alkyl halides is 2. The standard InChI is InChI=1S/C23H26F2N4/c24-23(25)29-21-9-2-1-8-20(21)26-22(29)17-6-5-7-19(16-17)28-14-10-18(11-15-28)27-12-3-4-13-27/h1-2,5-9,16,18,23H,3-4,10-15H2. The third-order valence-corrected chi connectivity index (χ3v) is 6.38. The van der Waals surface area contributed by atoms with Crippen molar-refractivity contribution in [2.45, 2.75) is 38.3 Å². The number of piperidine rings is 1. The van der Waals surface area contributed by atoms with E-state index in [-0.39, 0.29) is 0 Å². The number of fused-ring (bicyclic) bond motifs is 1. The number of likely N-dealkylation sites (tertiary alicyclic amines) is 1. The summed E-state index contributed by atoms with van der Waals surface area (Å²) in [6.45, 7) is 1.87. The largest absolute Gasteiger partial charge is 0.371 e. The Morgan fingerprint density at radius 3 is 2.41 bits per heavy atom. The molecule has 0 N–H and O–H groups in total. The lowest BCUT2D eigenvalue weighted by Crippen LogP contribution is -2.43. The quantitative estimate of drug-likeness (QED) is 0.609. The normalized spacial score (nSPS) is 18.9. The molecular formula is C23H26F2N4. The van der Waals surface area contributed by atoms with Gasteiger partial charge in [-0.15, -0.1) is 0 Å². The van der Waals surface area contributed by atoms with E-state index < -0.39 is 6.55 Å². The molecule has 0 aliphatic carbocycles. The van der Waals surface area contributed by atoms with Gasteiger partial charge in [0, 0.05) is 30.4 Å². The molecule has 4 nitrogen and oxygen atoms in total. The van der Waals surface area contributed by atoms with E-state index in [4.69, 9.17) is 0 Å². The number of aromatic nitrogens is 2. The van der Waals surface area contributed by atoms with Crippen LogP contribution in [0, 0.1) is 0 Å². The Morgan fingerprint density at radius 2 is 1.66 bits per heavy atom. The van der Waals surface area contributed by atoms with E-state index in [0.29, 0.717) is 22.9 Å². The summed E-state index contributed by atoms with van der Waals surface area (Å²) in [7, 11) is 0. The molecule has 2 aliphatic rings. The van der Waals surface area contributed by atoms with E-state index in [1.165, 1.54) is 38.8 Å². The summed E-state index contributed by atoms with van der Waals surface area (Å²) in [4.78, 5) is 9.53. The van der Waals surface area contributed by atoms with Gasteiger partial charge in [-0.25, -0.2) is 4.98 Å². The molecule has 3 heterocycles. The minimum absolute atomic E-state index is 0.329. The van der Waals surface area contributed by atoms with Crippen LogP contribution in [0.4, 0.5) is 14.5 Å². The molecule has 6 heteroatoms. The summed E-state index contributed by atoms with van der Waals surface area (Å²) in [6, 6.07) is 15.7. The van der Waals surface area contributed by atoms with Crippen molar-refractivity contribution in [1.82, 2.24) is 14.5 Å². The Bertz CT molecular complexity index is 985. The van der Waals surface area contributed by atoms with Crippen molar-refractivity contribution in [3.05, 3.63) is 48.5 Å². The van der Waals surface area contributed by atoms with Crippen LogP contribution in [0.2, 0.25) is 0 Å². The van der Waals surface area contributed by atoms with Gasteiger partial charge in [-0.2, -0.15) is 8.78 Å². The van der Waals surface area contributed by atoms with E-state index in [1.807, 2.05) is 24.3 Å². The van der Waals surface area contributed by atoms with Crippen LogP contribution in [0.25, 0.3) is 22.4 Å². The van der Waals surface area contributed by atoms with Crippen LogP contribution in [0.3, 0.4) is 0 Å². The molecule has 0 bridgehead atoms. The van der Waals surface area contributed by atoms with Gasteiger partial charge < -0.3 is 9.80 Å². The van der Waals surface area contributed by atoms with Gasteiger partial charge in [0.2, 0.25) is 0 Å². The highest BCUT2D eigenvalue weighted by Gasteiger charge is 2.27. The number of nitrogens with zero attached hydrogens (tertiary/aromatic N) is 4. The van der Waals surface area contributed by atoms with Gasteiger partial charge in [-0.1, -0.05) is 24.3 Å². The van der Waals surface area contributed by atoms with Gasteiger partial charge >= 0.3 is 6.55 Å². The molecule has 0 saturated carbocycles. The maximum atomic E-state index is 13.8. The predicted octanol–water partition coefficient (Wildman–Crippen LogP) is 5.16. The molecule has 152 valence electrons. The number of para-hydroxylation sites is 2. The van der Waals surface area contributed by atoms with Gasteiger partial charge in [-0.3, -0.25) is 4.57 Å². The Labute approximate surface area is 169 Å². The van der Waals surface area contributed by atoms with Crippen molar-refractivity contribution in [1.29, 1.82) is 0 Å². The molecule has 2 saturated heterocycles. The zero-order chi connectivity index (χ0) is 19.8. The topological polar surface area (TPSA) is 24.3 Å². The monoisotopic (exact) mass is 396 g/mol. The highest BCUT2D eigenvalue weighted by molar-refractivity contribution is 5.81. The lowest BCUT2D eigenvalue weighted by Gasteiger charge is -2.38. The number of benzene rings is 2. The van der Waals surface area contributed by atoms with Crippen molar-refractivity contribution >= 4 is 16.7 Å². The van der Waals surface area contributed by atoms with Crippen molar-refractivity contribution in [3.8, 4) is 11.4 Å². The molecule has 0 radical (unpaired) electrons. The van der Waals surface area contributed by atoms with Crippen LogP contribution in [0.15, 0.2) is 48.5 Å². The van der Waals surface area contributed by atoms with Gasteiger partial charge in [0.1, 0.15) is 5.82 Å². The average molecular weight is 396 g/mol. The average Bonchev–Trinajstić information content (AvgIpc) is 3.42. The minimum atomic E-state index is -2.63. The zero-order valence-corrected chi connectivity index (χ0v) is 16.5. The van der Waals surface area contributed by atoms with Crippen molar-refractivity contribution in [2.24, 2.45) is 0 Å². The van der Waals surface area contributed by atoms with Gasteiger partial charge in [0.15, 0.2) is 0 Å². The molecule has 3 aromatic rings.